The van der Waals surface area contributed by atoms with Crippen molar-refractivity contribution in [1.29, 1.82) is 0 Å². The highest BCUT2D eigenvalue weighted by molar-refractivity contribution is 7.90. The number of nitrogens with zero attached hydrogens (tertiary/aromatic N) is 3. The van der Waals surface area contributed by atoms with Crippen molar-refractivity contribution >= 4 is 27.3 Å². The van der Waals surface area contributed by atoms with Crippen LogP contribution in [0.4, 0.5) is 0 Å². The van der Waals surface area contributed by atoms with E-state index in [9.17, 15) is 13.2 Å². The van der Waals surface area contributed by atoms with Crippen LogP contribution in [0.15, 0.2) is 59.9 Å². The Morgan fingerprint density at radius 1 is 1.09 bits per heavy atom. The summed E-state index contributed by atoms with van der Waals surface area (Å²) in [7, 11) is -3.73. The van der Waals surface area contributed by atoms with Gasteiger partial charge < -0.3 is 9.47 Å². The third-order valence-corrected chi connectivity index (χ3v) is 7.21. The van der Waals surface area contributed by atoms with Crippen LogP contribution in [0.2, 0.25) is 5.02 Å². The average Bonchev–Trinajstić information content (AvgIpc) is 3.18. The molecule has 0 saturated heterocycles. The maximum atomic E-state index is 13.3. The number of halogens is 1. The minimum atomic E-state index is -3.73. The second-order valence-electron chi connectivity index (χ2n) is 9.33. The normalized spacial score (nSPS) is 11.9. The van der Waals surface area contributed by atoms with Crippen LogP contribution in [-0.2, 0) is 22.1 Å². The molecule has 0 aliphatic rings. The summed E-state index contributed by atoms with van der Waals surface area (Å²) in [5.74, 6) is -0.0428. The summed E-state index contributed by atoms with van der Waals surface area (Å²) in [6.07, 6.45) is 1.57. The van der Waals surface area contributed by atoms with E-state index in [-0.39, 0.29) is 35.3 Å². The molecule has 0 aliphatic heterocycles. The van der Waals surface area contributed by atoms with E-state index in [1.54, 1.807) is 39.9 Å². The Morgan fingerprint density at radius 3 is 2.35 bits per heavy atom. The Labute approximate surface area is 207 Å². The number of rotatable bonds is 9. The topological polar surface area (TPSA) is 72.3 Å². The average molecular weight is 502 g/mol. The smallest absolute Gasteiger partial charge is 0.254 e. The first-order chi connectivity index (χ1) is 16.0. The molecule has 0 aliphatic carbocycles. The molecule has 1 aromatic heterocycles. The standard InChI is InChI=1S/C26H32ClN3O3S/c1-18(2)15-29(25(31)22-11-9-20(5)10-12-22)16-24-14-28-26(30(24)19(3)4)34(32,33)17-21-7-6-8-23(27)13-21/h6-14,18-19H,15-17H2,1-5H3. The van der Waals surface area contributed by atoms with Crippen LogP contribution in [0.5, 0.6) is 0 Å². The van der Waals surface area contributed by atoms with Gasteiger partial charge in [0.25, 0.3) is 5.91 Å². The van der Waals surface area contributed by atoms with Crippen LogP contribution >= 0.6 is 11.6 Å². The SMILES string of the molecule is Cc1ccc(C(=O)N(Cc2cnc(S(=O)(=O)Cc3cccc(Cl)c3)n2C(C)C)CC(C)C)cc1. The number of amides is 1. The lowest BCUT2D eigenvalue weighted by Gasteiger charge is -2.26. The van der Waals surface area contributed by atoms with Gasteiger partial charge in [-0.15, -0.1) is 0 Å². The molecule has 0 spiro atoms. The predicted molar refractivity (Wildman–Crippen MR) is 136 cm³/mol. The van der Waals surface area contributed by atoms with Gasteiger partial charge in [-0.25, -0.2) is 13.4 Å². The van der Waals surface area contributed by atoms with Gasteiger partial charge in [0.15, 0.2) is 0 Å². The van der Waals surface area contributed by atoms with Crippen molar-refractivity contribution in [3.05, 3.63) is 82.1 Å². The Morgan fingerprint density at radius 2 is 1.76 bits per heavy atom. The molecule has 0 atom stereocenters. The first-order valence-electron chi connectivity index (χ1n) is 11.4. The Kier molecular flexibility index (Phi) is 8.21. The van der Waals surface area contributed by atoms with Crippen LogP contribution in [-0.4, -0.2) is 35.3 Å². The molecule has 34 heavy (non-hydrogen) atoms. The fourth-order valence-corrected chi connectivity index (χ4v) is 5.72. The highest BCUT2D eigenvalue weighted by Gasteiger charge is 2.27. The van der Waals surface area contributed by atoms with Gasteiger partial charge in [-0.1, -0.05) is 55.3 Å². The number of imidazole rings is 1. The van der Waals surface area contributed by atoms with Crippen molar-refractivity contribution in [2.75, 3.05) is 6.54 Å². The summed E-state index contributed by atoms with van der Waals surface area (Å²) in [6, 6.07) is 14.1. The third-order valence-electron chi connectivity index (χ3n) is 5.40. The molecule has 8 heteroatoms. The van der Waals surface area contributed by atoms with Crippen molar-refractivity contribution in [2.24, 2.45) is 5.92 Å². The number of hydrogen-bond donors (Lipinski definition) is 0. The number of carbonyl (C=O) groups is 1. The van der Waals surface area contributed by atoms with E-state index in [4.69, 9.17) is 11.6 Å². The zero-order valence-electron chi connectivity index (χ0n) is 20.3. The van der Waals surface area contributed by atoms with Gasteiger partial charge in [0, 0.05) is 23.2 Å². The van der Waals surface area contributed by atoms with Crippen LogP contribution in [0.25, 0.3) is 0 Å². The summed E-state index contributed by atoms with van der Waals surface area (Å²) in [5.41, 5.74) is 2.97. The zero-order chi connectivity index (χ0) is 25.0. The maximum absolute atomic E-state index is 13.3. The summed E-state index contributed by atoms with van der Waals surface area (Å²) in [6.45, 7) is 10.7. The van der Waals surface area contributed by atoms with Crippen molar-refractivity contribution in [1.82, 2.24) is 14.5 Å². The molecular formula is C26H32ClN3O3S. The molecule has 3 aromatic rings. The van der Waals surface area contributed by atoms with Crippen molar-refractivity contribution < 1.29 is 13.2 Å². The molecule has 1 heterocycles. The Hall–Kier alpha value is -2.64. The van der Waals surface area contributed by atoms with E-state index in [0.29, 0.717) is 28.4 Å². The quantitative estimate of drug-likeness (QED) is 0.377. The molecule has 6 nitrogen and oxygen atoms in total. The fourth-order valence-electron chi connectivity index (χ4n) is 3.92. The largest absolute Gasteiger partial charge is 0.333 e. The number of aromatic nitrogens is 2. The second kappa shape index (κ2) is 10.7. The third kappa shape index (κ3) is 6.27. The Balaban J connectivity index is 1.95. The van der Waals surface area contributed by atoms with Crippen LogP contribution in [0.3, 0.4) is 0 Å². The van der Waals surface area contributed by atoms with Gasteiger partial charge >= 0.3 is 0 Å². The first kappa shape index (κ1) is 26.0. The molecule has 0 radical (unpaired) electrons. The molecule has 0 saturated carbocycles. The zero-order valence-corrected chi connectivity index (χ0v) is 21.9. The van der Waals surface area contributed by atoms with Gasteiger partial charge in [-0.2, -0.15) is 0 Å². The fraction of sp³-hybridized carbons (Fsp3) is 0.385. The Bertz CT molecular complexity index is 1250. The maximum Gasteiger partial charge on any atom is 0.254 e. The number of hydrogen-bond acceptors (Lipinski definition) is 4. The number of carbonyl (C=O) groups excluding carboxylic acids is 1. The molecule has 0 fully saturated rings. The van der Waals surface area contributed by atoms with Crippen LogP contribution < -0.4 is 0 Å². The molecule has 182 valence electrons. The lowest BCUT2D eigenvalue weighted by molar-refractivity contribution is 0.0717. The predicted octanol–water partition coefficient (Wildman–Crippen LogP) is 5.70. The number of sulfone groups is 1. The molecular weight excluding hydrogens is 470 g/mol. The van der Waals surface area contributed by atoms with Crippen LogP contribution in [0, 0.1) is 12.8 Å². The molecule has 0 N–H and O–H groups in total. The van der Waals surface area contributed by atoms with Gasteiger partial charge in [-0.05, 0) is 56.5 Å². The van der Waals surface area contributed by atoms with Crippen LogP contribution in [0.1, 0.15) is 60.9 Å². The number of benzene rings is 2. The number of aryl methyl sites for hydroxylation is 1. The van der Waals surface area contributed by atoms with Crippen molar-refractivity contribution in [3.8, 4) is 0 Å². The molecule has 1 amide bonds. The van der Waals surface area contributed by atoms with E-state index in [1.165, 1.54) is 0 Å². The lowest BCUT2D eigenvalue weighted by atomic mass is 10.1. The van der Waals surface area contributed by atoms with Crippen molar-refractivity contribution in [2.45, 2.75) is 58.1 Å². The van der Waals surface area contributed by atoms with Gasteiger partial charge in [-0.3, -0.25) is 4.79 Å². The van der Waals surface area contributed by atoms with E-state index in [2.05, 4.69) is 18.8 Å². The van der Waals surface area contributed by atoms with E-state index >= 15 is 0 Å². The molecule has 0 unspecified atom stereocenters. The molecule has 3 rings (SSSR count). The van der Waals surface area contributed by atoms with Gasteiger partial charge in [0.05, 0.1) is 24.2 Å². The van der Waals surface area contributed by atoms with E-state index in [1.807, 2.05) is 45.0 Å². The van der Waals surface area contributed by atoms with E-state index in [0.717, 1.165) is 5.56 Å². The lowest BCUT2D eigenvalue weighted by Crippen LogP contribution is -2.34. The highest BCUT2D eigenvalue weighted by atomic mass is 35.5. The first-order valence-corrected chi connectivity index (χ1v) is 13.4. The summed E-state index contributed by atoms with van der Waals surface area (Å²) in [5, 5.41) is 0.490. The molecule has 2 aromatic carbocycles. The summed E-state index contributed by atoms with van der Waals surface area (Å²) < 4.78 is 28.3. The monoisotopic (exact) mass is 501 g/mol. The molecule has 0 bridgehead atoms. The summed E-state index contributed by atoms with van der Waals surface area (Å²) in [4.78, 5) is 19.4. The van der Waals surface area contributed by atoms with E-state index < -0.39 is 9.84 Å². The van der Waals surface area contributed by atoms with Gasteiger partial charge in [0.2, 0.25) is 15.0 Å². The van der Waals surface area contributed by atoms with Crippen molar-refractivity contribution in [3.63, 3.8) is 0 Å². The minimum absolute atomic E-state index is 0.00440. The second-order valence-corrected chi connectivity index (χ2v) is 11.7. The highest BCUT2D eigenvalue weighted by Crippen LogP contribution is 2.24. The summed E-state index contributed by atoms with van der Waals surface area (Å²) >= 11 is 6.04. The van der Waals surface area contributed by atoms with Gasteiger partial charge in [0.1, 0.15) is 0 Å². The minimum Gasteiger partial charge on any atom is -0.333 e.